The number of nitrogens with one attached hydrogen (secondary N) is 1. The Balaban J connectivity index is 2.33. The third-order valence-electron chi connectivity index (χ3n) is 4.11. The molecular weight excluding hydrogens is 462 g/mol. The first-order chi connectivity index (χ1) is 14.7. The molecule has 0 bridgehead atoms. The van der Waals surface area contributed by atoms with Crippen LogP contribution in [-0.4, -0.2) is 16.9 Å². The van der Waals surface area contributed by atoms with E-state index in [1.165, 1.54) is 18.2 Å². The smallest absolute Gasteiger partial charge is 0.269 e. The van der Waals surface area contributed by atoms with Gasteiger partial charge in [0.05, 0.1) is 9.40 Å². The molecule has 0 atom stereocenters. The normalized spacial score (nSPS) is 11.0. The number of ether oxygens (including phenoxy) is 1. The summed E-state index contributed by atoms with van der Waals surface area (Å²) in [5, 5.41) is 23.0. The summed E-state index contributed by atoms with van der Waals surface area (Å²) in [4.78, 5) is 22.7. The van der Waals surface area contributed by atoms with Crippen molar-refractivity contribution in [1.82, 2.24) is 5.32 Å². The molecule has 0 aliphatic heterocycles. The lowest BCUT2D eigenvalue weighted by atomic mass is 10.0. The number of amides is 1. The Hall–Kier alpha value is -3.44. The van der Waals surface area contributed by atoms with Crippen LogP contribution in [0.2, 0.25) is 0 Å². The summed E-state index contributed by atoms with van der Waals surface area (Å²) >= 11 is 3.49. The van der Waals surface area contributed by atoms with Gasteiger partial charge in [-0.15, -0.1) is 6.58 Å². The van der Waals surface area contributed by atoms with Crippen molar-refractivity contribution in [2.45, 2.75) is 32.9 Å². The highest BCUT2D eigenvalue weighted by molar-refractivity contribution is 9.10. The van der Waals surface area contributed by atoms with E-state index in [0.29, 0.717) is 27.8 Å². The Morgan fingerprint density at radius 2 is 2.13 bits per heavy atom. The number of non-ortho nitro benzene ring substituents is 1. The van der Waals surface area contributed by atoms with Gasteiger partial charge in [-0.25, -0.2) is 0 Å². The van der Waals surface area contributed by atoms with Crippen LogP contribution in [0, 0.1) is 21.4 Å². The monoisotopic (exact) mass is 483 g/mol. The molecule has 1 N–H and O–H groups in total. The van der Waals surface area contributed by atoms with Gasteiger partial charge in [-0.2, -0.15) is 5.26 Å². The first-order valence-corrected chi connectivity index (χ1v) is 10.3. The number of rotatable bonds is 9. The minimum atomic E-state index is -0.452. The van der Waals surface area contributed by atoms with Crippen LogP contribution in [-0.2, 0) is 17.8 Å². The Kier molecular flexibility index (Phi) is 8.53. The van der Waals surface area contributed by atoms with Crippen LogP contribution in [0.25, 0.3) is 6.08 Å². The lowest BCUT2D eigenvalue weighted by molar-refractivity contribution is -0.384. The first kappa shape index (κ1) is 23.8. The number of carbonyl (C=O) groups is 1. The van der Waals surface area contributed by atoms with Crippen molar-refractivity contribution in [2.24, 2.45) is 0 Å². The summed E-state index contributed by atoms with van der Waals surface area (Å²) < 4.78 is 6.58. The zero-order valence-corrected chi connectivity index (χ0v) is 18.8. The lowest BCUT2D eigenvalue weighted by Gasteiger charge is -2.14. The predicted molar refractivity (Wildman–Crippen MR) is 122 cm³/mol. The van der Waals surface area contributed by atoms with Gasteiger partial charge in [-0.1, -0.05) is 18.2 Å². The van der Waals surface area contributed by atoms with Crippen molar-refractivity contribution < 1.29 is 14.5 Å². The van der Waals surface area contributed by atoms with Crippen molar-refractivity contribution in [3.63, 3.8) is 0 Å². The van der Waals surface area contributed by atoms with Crippen LogP contribution in [0.5, 0.6) is 5.75 Å². The molecular formula is C23H22BrN3O4. The second-order valence-corrected chi connectivity index (χ2v) is 7.85. The Labute approximate surface area is 189 Å². The maximum Gasteiger partial charge on any atom is 0.269 e. The number of nitriles is 1. The fraction of sp³-hybridized carbons (Fsp3) is 0.217. The fourth-order valence-corrected chi connectivity index (χ4v) is 3.43. The lowest BCUT2D eigenvalue weighted by Crippen LogP contribution is -2.30. The van der Waals surface area contributed by atoms with Crippen LogP contribution in [0.4, 0.5) is 5.69 Å². The average molecular weight is 484 g/mol. The second kappa shape index (κ2) is 11.1. The van der Waals surface area contributed by atoms with E-state index in [4.69, 9.17) is 4.74 Å². The van der Waals surface area contributed by atoms with E-state index in [2.05, 4.69) is 27.8 Å². The molecule has 0 fully saturated rings. The zero-order chi connectivity index (χ0) is 23.0. The SMILES string of the molecule is C=CCc1cc(/C=C(/C#N)C(=O)NC(C)C)cc(Br)c1OCc1cccc([N+](=O)[O-])c1. The summed E-state index contributed by atoms with van der Waals surface area (Å²) in [5.41, 5.74) is 2.10. The molecule has 0 aromatic heterocycles. The van der Waals surface area contributed by atoms with Gasteiger partial charge in [0.1, 0.15) is 24.0 Å². The maximum atomic E-state index is 12.2. The molecule has 0 heterocycles. The van der Waals surface area contributed by atoms with Gasteiger partial charge in [0, 0.05) is 18.2 Å². The summed E-state index contributed by atoms with van der Waals surface area (Å²) in [7, 11) is 0. The van der Waals surface area contributed by atoms with Crippen molar-refractivity contribution in [2.75, 3.05) is 0 Å². The molecule has 0 saturated heterocycles. The molecule has 8 heteroatoms. The van der Waals surface area contributed by atoms with E-state index >= 15 is 0 Å². The van der Waals surface area contributed by atoms with Crippen LogP contribution in [0.3, 0.4) is 0 Å². The first-order valence-electron chi connectivity index (χ1n) is 9.47. The van der Waals surface area contributed by atoms with Gasteiger partial charge in [0.25, 0.3) is 11.6 Å². The number of allylic oxidation sites excluding steroid dienone is 1. The summed E-state index contributed by atoms with van der Waals surface area (Å²) in [6, 6.07) is 11.6. The maximum absolute atomic E-state index is 12.2. The molecule has 1 amide bonds. The fourth-order valence-electron chi connectivity index (χ4n) is 2.80. The van der Waals surface area contributed by atoms with Crippen molar-refractivity contribution >= 4 is 33.6 Å². The van der Waals surface area contributed by atoms with Gasteiger partial charge < -0.3 is 10.1 Å². The van der Waals surface area contributed by atoms with E-state index in [-0.39, 0.29) is 23.9 Å². The number of halogens is 1. The zero-order valence-electron chi connectivity index (χ0n) is 17.2. The number of hydrogen-bond acceptors (Lipinski definition) is 5. The molecule has 0 aliphatic rings. The van der Waals surface area contributed by atoms with Crippen molar-refractivity contribution in [3.05, 3.63) is 85.9 Å². The standard InChI is InChI=1S/C23H22BrN3O4/c1-4-6-18-9-17(10-19(13-25)23(28)26-15(2)3)12-21(24)22(18)31-14-16-7-5-8-20(11-16)27(29)30/h4-5,7-12,15H,1,6,14H2,2-3H3,(H,26,28)/b19-10-. The summed E-state index contributed by atoms with van der Waals surface area (Å²) in [6.45, 7) is 7.54. The number of benzene rings is 2. The highest BCUT2D eigenvalue weighted by Gasteiger charge is 2.14. The highest BCUT2D eigenvalue weighted by Crippen LogP contribution is 2.33. The highest BCUT2D eigenvalue weighted by atomic mass is 79.9. The largest absolute Gasteiger partial charge is 0.487 e. The van der Waals surface area contributed by atoms with E-state index in [0.717, 1.165) is 5.56 Å². The van der Waals surface area contributed by atoms with Crippen LogP contribution in [0.15, 0.2) is 59.1 Å². The van der Waals surface area contributed by atoms with Gasteiger partial charge in [-0.3, -0.25) is 14.9 Å². The molecule has 0 saturated carbocycles. The number of carbonyl (C=O) groups excluding carboxylic acids is 1. The summed E-state index contributed by atoms with van der Waals surface area (Å²) in [5.74, 6) is 0.124. The van der Waals surface area contributed by atoms with E-state index in [9.17, 15) is 20.2 Å². The van der Waals surface area contributed by atoms with Gasteiger partial charge in [0.15, 0.2) is 0 Å². The van der Waals surface area contributed by atoms with Gasteiger partial charge >= 0.3 is 0 Å². The number of nitro groups is 1. The van der Waals surface area contributed by atoms with Crippen molar-refractivity contribution in [3.8, 4) is 11.8 Å². The molecule has 31 heavy (non-hydrogen) atoms. The van der Waals surface area contributed by atoms with Crippen LogP contribution < -0.4 is 10.1 Å². The van der Waals surface area contributed by atoms with Crippen LogP contribution in [0.1, 0.15) is 30.5 Å². The molecule has 160 valence electrons. The average Bonchev–Trinajstić information content (AvgIpc) is 2.71. The topological polar surface area (TPSA) is 105 Å². The van der Waals surface area contributed by atoms with E-state index < -0.39 is 10.8 Å². The third-order valence-corrected chi connectivity index (χ3v) is 4.70. The molecule has 2 rings (SSSR count). The van der Waals surface area contributed by atoms with Gasteiger partial charge in [-0.05, 0) is 71.1 Å². The Morgan fingerprint density at radius 1 is 1.39 bits per heavy atom. The predicted octanol–water partition coefficient (Wildman–Crippen LogP) is 5.10. The van der Waals surface area contributed by atoms with Gasteiger partial charge in [0.2, 0.25) is 0 Å². The van der Waals surface area contributed by atoms with E-state index in [1.54, 1.807) is 24.3 Å². The van der Waals surface area contributed by atoms with Crippen molar-refractivity contribution in [1.29, 1.82) is 5.26 Å². The molecule has 2 aromatic rings. The number of hydrogen-bond donors (Lipinski definition) is 1. The molecule has 0 spiro atoms. The molecule has 2 aromatic carbocycles. The third kappa shape index (κ3) is 6.79. The van der Waals surface area contributed by atoms with E-state index in [1.807, 2.05) is 26.0 Å². The number of nitro benzene ring substituents is 1. The molecule has 0 radical (unpaired) electrons. The Morgan fingerprint density at radius 3 is 2.74 bits per heavy atom. The minimum Gasteiger partial charge on any atom is -0.487 e. The summed E-state index contributed by atoms with van der Waals surface area (Å²) in [6.07, 6.45) is 3.72. The quantitative estimate of drug-likeness (QED) is 0.175. The molecule has 0 unspecified atom stereocenters. The molecule has 0 aliphatic carbocycles. The molecule has 7 nitrogen and oxygen atoms in total. The number of nitrogens with zero attached hydrogens (tertiary/aromatic N) is 2. The minimum absolute atomic E-state index is 0.00401. The van der Waals surface area contributed by atoms with Crippen LogP contribution >= 0.6 is 15.9 Å². The Bertz CT molecular complexity index is 1070. The second-order valence-electron chi connectivity index (χ2n) is 7.00.